The lowest BCUT2D eigenvalue weighted by Crippen LogP contribution is -2.34. The van der Waals surface area contributed by atoms with Crippen LogP contribution in [0, 0.1) is 5.82 Å². The van der Waals surface area contributed by atoms with Crippen LogP contribution in [0.5, 0.6) is 5.88 Å². The fraction of sp³-hybridized carbons (Fsp3) is 0.250. The molecular formula is C8H7FN2O2. The summed E-state index contributed by atoms with van der Waals surface area (Å²) >= 11 is 0. The van der Waals surface area contributed by atoms with Crippen LogP contribution in [-0.4, -0.2) is 17.0 Å². The third-order valence-electron chi connectivity index (χ3n) is 1.73. The molecule has 2 heterocycles. The van der Waals surface area contributed by atoms with Crippen molar-refractivity contribution >= 4 is 11.6 Å². The molecule has 1 N–H and O–H groups in total. The van der Waals surface area contributed by atoms with Crippen LogP contribution in [0.1, 0.15) is 6.92 Å². The molecule has 2 rings (SSSR count). The Bertz CT molecular complexity index is 367. The van der Waals surface area contributed by atoms with Gasteiger partial charge in [0.2, 0.25) is 5.88 Å². The number of halogens is 1. The van der Waals surface area contributed by atoms with Crippen LogP contribution in [0.15, 0.2) is 12.3 Å². The molecule has 1 aliphatic heterocycles. The number of fused-ring (bicyclic) bond motifs is 1. The molecule has 0 spiro atoms. The number of nitrogens with zero attached hydrogens (tertiary/aromatic N) is 1. The van der Waals surface area contributed by atoms with E-state index in [4.69, 9.17) is 4.74 Å². The number of nitrogens with one attached hydrogen (secondary N) is 1. The predicted octanol–water partition coefficient (Wildman–Crippen LogP) is 0.940. The highest BCUT2D eigenvalue weighted by Gasteiger charge is 2.24. The second-order valence-corrected chi connectivity index (χ2v) is 2.76. The van der Waals surface area contributed by atoms with E-state index in [1.807, 2.05) is 0 Å². The minimum Gasteiger partial charge on any atom is -0.463 e. The summed E-state index contributed by atoms with van der Waals surface area (Å²) in [5.41, 5.74) is 0.281. The van der Waals surface area contributed by atoms with Gasteiger partial charge in [0.25, 0.3) is 5.91 Å². The Morgan fingerprint density at radius 3 is 3.23 bits per heavy atom. The van der Waals surface area contributed by atoms with Gasteiger partial charge in [-0.15, -0.1) is 0 Å². The fourth-order valence-electron chi connectivity index (χ4n) is 1.07. The monoisotopic (exact) mass is 182 g/mol. The number of ether oxygens (including phenoxy) is 1. The number of rotatable bonds is 0. The van der Waals surface area contributed by atoms with E-state index >= 15 is 0 Å². The number of hydrogen-bond donors (Lipinski definition) is 1. The van der Waals surface area contributed by atoms with E-state index in [1.165, 1.54) is 6.07 Å². The first-order chi connectivity index (χ1) is 6.16. The molecule has 1 aromatic rings. The van der Waals surface area contributed by atoms with E-state index in [2.05, 4.69) is 10.3 Å². The normalized spacial score (nSPS) is 20.2. The molecular weight excluding hydrogens is 175 g/mol. The largest absolute Gasteiger partial charge is 0.463 e. The molecule has 1 atom stereocenters. The third kappa shape index (κ3) is 1.32. The average Bonchev–Trinajstić information content (AvgIpc) is 2.08. The van der Waals surface area contributed by atoms with E-state index in [9.17, 15) is 9.18 Å². The Morgan fingerprint density at radius 2 is 2.46 bits per heavy atom. The summed E-state index contributed by atoms with van der Waals surface area (Å²) in [5, 5.41) is 2.48. The summed E-state index contributed by atoms with van der Waals surface area (Å²) < 4.78 is 17.8. The number of carbonyl (C=O) groups is 1. The van der Waals surface area contributed by atoms with Crippen molar-refractivity contribution < 1.29 is 13.9 Å². The van der Waals surface area contributed by atoms with Gasteiger partial charge in [0.05, 0.1) is 6.20 Å². The number of carbonyl (C=O) groups excluding carboxylic acids is 1. The van der Waals surface area contributed by atoms with E-state index in [0.717, 1.165) is 6.20 Å². The van der Waals surface area contributed by atoms with Crippen LogP contribution in [0.2, 0.25) is 0 Å². The van der Waals surface area contributed by atoms with Crippen LogP contribution in [0.4, 0.5) is 10.1 Å². The highest BCUT2D eigenvalue weighted by atomic mass is 19.1. The Hall–Kier alpha value is -1.65. The van der Waals surface area contributed by atoms with Gasteiger partial charge in [-0.1, -0.05) is 0 Å². The highest BCUT2D eigenvalue weighted by molar-refractivity contribution is 5.96. The van der Waals surface area contributed by atoms with Crippen LogP contribution in [-0.2, 0) is 4.79 Å². The van der Waals surface area contributed by atoms with Gasteiger partial charge in [0, 0.05) is 6.07 Å². The van der Waals surface area contributed by atoms with Gasteiger partial charge in [-0.3, -0.25) is 4.79 Å². The van der Waals surface area contributed by atoms with Crippen molar-refractivity contribution in [3.05, 3.63) is 18.1 Å². The summed E-state index contributed by atoms with van der Waals surface area (Å²) in [6.07, 6.45) is 0.466. The minimum atomic E-state index is -0.578. The molecule has 0 bridgehead atoms. The second kappa shape index (κ2) is 2.69. The maximum atomic E-state index is 12.6. The van der Waals surface area contributed by atoms with Gasteiger partial charge in [0.15, 0.2) is 6.10 Å². The van der Waals surface area contributed by atoms with Crippen molar-refractivity contribution in [2.24, 2.45) is 0 Å². The first kappa shape index (κ1) is 7.97. The number of pyridine rings is 1. The number of aromatic nitrogens is 1. The topological polar surface area (TPSA) is 51.2 Å². The van der Waals surface area contributed by atoms with Crippen molar-refractivity contribution in [1.29, 1.82) is 0 Å². The minimum absolute atomic E-state index is 0.258. The Morgan fingerprint density at radius 1 is 1.69 bits per heavy atom. The zero-order valence-electron chi connectivity index (χ0n) is 6.87. The van der Waals surface area contributed by atoms with Gasteiger partial charge in [-0.25, -0.2) is 9.37 Å². The first-order valence-electron chi connectivity index (χ1n) is 3.80. The fourth-order valence-corrected chi connectivity index (χ4v) is 1.07. The van der Waals surface area contributed by atoms with E-state index in [0.29, 0.717) is 0 Å². The van der Waals surface area contributed by atoms with Crippen molar-refractivity contribution in [2.45, 2.75) is 13.0 Å². The van der Waals surface area contributed by atoms with Crippen LogP contribution in [0.25, 0.3) is 0 Å². The molecule has 0 unspecified atom stereocenters. The molecule has 0 saturated carbocycles. The van der Waals surface area contributed by atoms with Crippen molar-refractivity contribution in [3.8, 4) is 5.88 Å². The molecule has 1 aliphatic rings. The quantitative estimate of drug-likeness (QED) is 0.649. The SMILES string of the molecule is C[C@H]1Oc2ncc(F)cc2NC1=O. The first-order valence-corrected chi connectivity index (χ1v) is 3.80. The molecule has 4 nitrogen and oxygen atoms in total. The molecule has 0 radical (unpaired) electrons. The highest BCUT2D eigenvalue weighted by Crippen LogP contribution is 2.26. The Kier molecular flexibility index (Phi) is 1.65. The second-order valence-electron chi connectivity index (χ2n) is 2.76. The smallest absolute Gasteiger partial charge is 0.265 e. The van der Waals surface area contributed by atoms with E-state index in [1.54, 1.807) is 6.92 Å². The van der Waals surface area contributed by atoms with Gasteiger partial charge in [-0.05, 0) is 6.92 Å². The Labute approximate surface area is 73.7 Å². The zero-order chi connectivity index (χ0) is 9.42. The molecule has 13 heavy (non-hydrogen) atoms. The molecule has 1 aromatic heterocycles. The maximum Gasteiger partial charge on any atom is 0.265 e. The lowest BCUT2D eigenvalue weighted by atomic mass is 10.3. The predicted molar refractivity (Wildman–Crippen MR) is 42.9 cm³/mol. The van der Waals surface area contributed by atoms with Crippen LogP contribution in [0.3, 0.4) is 0 Å². The van der Waals surface area contributed by atoms with Gasteiger partial charge in [0.1, 0.15) is 11.5 Å². The van der Waals surface area contributed by atoms with Crippen molar-refractivity contribution in [1.82, 2.24) is 4.98 Å². The lowest BCUT2D eigenvalue weighted by molar-refractivity contribution is -0.122. The standard InChI is InChI=1S/C8H7FN2O2/c1-4-7(12)11-6-2-5(9)3-10-8(6)13-4/h2-4H,1H3,(H,11,12)/t4-/m1/s1. The lowest BCUT2D eigenvalue weighted by Gasteiger charge is -2.21. The molecule has 68 valence electrons. The average molecular weight is 182 g/mol. The summed E-state index contributed by atoms with van der Waals surface area (Å²) in [5.74, 6) is -0.536. The van der Waals surface area contributed by atoms with Crippen molar-refractivity contribution in [2.75, 3.05) is 5.32 Å². The summed E-state index contributed by atoms with van der Waals surface area (Å²) in [4.78, 5) is 14.8. The summed E-state index contributed by atoms with van der Waals surface area (Å²) in [6.45, 7) is 1.60. The number of hydrogen-bond acceptors (Lipinski definition) is 3. The number of anilines is 1. The Balaban J connectivity index is 2.42. The maximum absolute atomic E-state index is 12.6. The molecule has 0 fully saturated rings. The van der Waals surface area contributed by atoms with E-state index in [-0.39, 0.29) is 17.5 Å². The number of amides is 1. The van der Waals surface area contributed by atoms with E-state index < -0.39 is 11.9 Å². The molecule has 5 heteroatoms. The molecule has 1 amide bonds. The van der Waals surface area contributed by atoms with Gasteiger partial charge in [-0.2, -0.15) is 0 Å². The molecule has 0 aromatic carbocycles. The van der Waals surface area contributed by atoms with Crippen molar-refractivity contribution in [3.63, 3.8) is 0 Å². The molecule has 0 aliphatic carbocycles. The third-order valence-corrected chi connectivity index (χ3v) is 1.73. The zero-order valence-corrected chi connectivity index (χ0v) is 6.87. The molecule has 0 saturated heterocycles. The summed E-state index contributed by atoms with van der Waals surface area (Å²) in [6, 6.07) is 1.17. The van der Waals surface area contributed by atoms with Gasteiger partial charge < -0.3 is 10.1 Å². The van der Waals surface area contributed by atoms with Crippen LogP contribution < -0.4 is 10.1 Å². The van der Waals surface area contributed by atoms with Crippen LogP contribution >= 0.6 is 0 Å². The summed E-state index contributed by atoms with van der Waals surface area (Å²) in [7, 11) is 0. The van der Waals surface area contributed by atoms with Gasteiger partial charge >= 0.3 is 0 Å².